The average Bonchev–Trinajstić information content (AvgIpc) is 2.39. The van der Waals surface area contributed by atoms with Gasteiger partial charge in [0.15, 0.2) is 0 Å². The molecule has 0 atom stereocenters. The van der Waals surface area contributed by atoms with Crippen LogP contribution in [0.2, 0.25) is 0 Å². The number of carbonyl (C=O) groups excluding carboxylic acids is 2. The molecule has 0 saturated heterocycles. The van der Waals surface area contributed by atoms with Gasteiger partial charge in [0.2, 0.25) is 0 Å². The number of nitrogens with one attached hydrogen (secondary N) is 2. The van der Waals surface area contributed by atoms with E-state index >= 15 is 0 Å². The summed E-state index contributed by atoms with van der Waals surface area (Å²) in [5, 5.41) is 4.98. The molecule has 1 aromatic carbocycles. The number of benzene rings is 1. The summed E-state index contributed by atoms with van der Waals surface area (Å²) in [6.07, 6.45) is 0.936. The standard InChI is InChI=1S/C13H18N2O3/c1-3-10-4-6-11(7-5-10)15-13(17)12(16)14-8-9-18-2/h4-7H,3,8-9H2,1-2H3,(H,14,16)(H,15,17). The minimum Gasteiger partial charge on any atom is -0.383 e. The van der Waals surface area contributed by atoms with Gasteiger partial charge in [-0.2, -0.15) is 0 Å². The van der Waals surface area contributed by atoms with Crippen LogP contribution in [0.15, 0.2) is 24.3 Å². The third kappa shape index (κ3) is 4.55. The lowest BCUT2D eigenvalue weighted by Crippen LogP contribution is -2.37. The van der Waals surface area contributed by atoms with Crippen LogP contribution in [-0.4, -0.2) is 32.1 Å². The molecule has 0 aliphatic rings. The second-order valence-corrected chi connectivity index (χ2v) is 3.75. The maximum absolute atomic E-state index is 11.5. The SMILES string of the molecule is CCc1ccc(NC(=O)C(=O)NCCOC)cc1. The first-order valence-electron chi connectivity index (χ1n) is 5.84. The fourth-order valence-corrected chi connectivity index (χ4v) is 1.36. The predicted molar refractivity (Wildman–Crippen MR) is 69.3 cm³/mol. The molecular formula is C13H18N2O3. The third-order valence-electron chi connectivity index (χ3n) is 2.42. The van der Waals surface area contributed by atoms with E-state index in [2.05, 4.69) is 17.6 Å². The molecule has 0 spiro atoms. The van der Waals surface area contributed by atoms with E-state index in [4.69, 9.17) is 4.74 Å². The minimum atomic E-state index is -0.671. The van der Waals surface area contributed by atoms with Gasteiger partial charge < -0.3 is 15.4 Å². The number of rotatable bonds is 5. The molecule has 1 rings (SSSR count). The van der Waals surface area contributed by atoms with Crippen LogP contribution in [0.25, 0.3) is 0 Å². The van der Waals surface area contributed by atoms with Crippen LogP contribution in [0, 0.1) is 0 Å². The highest BCUT2D eigenvalue weighted by Gasteiger charge is 2.12. The van der Waals surface area contributed by atoms with Gasteiger partial charge in [0.25, 0.3) is 0 Å². The molecule has 0 heterocycles. The zero-order valence-corrected chi connectivity index (χ0v) is 10.7. The fourth-order valence-electron chi connectivity index (χ4n) is 1.36. The molecule has 0 aliphatic carbocycles. The Morgan fingerprint density at radius 3 is 2.39 bits per heavy atom. The van der Waals surface area contributed by atoms with E-state index in [-0.39, 0.29) is 0 Å². The van der Waals surface area contributed by atoms with Crippen molar-refractivity contribution in [3.05, 3.63) is 29.8 Å². The maximum Gasteiger partial charge on any atom is 0.313 e. The second kappa shape index (κ2) is 7.45. The Hall–Kier alpha value is -1.88. The number of hydrogen-bond donors (Lipinski definition) is 2. The van der Waals surface area contributed by atoms with Crippen molar-refractivity contribution in [3.8, 4) is 0 Å². The first-order chi connectivity index (χ1) is 8.67. The molecule has 0 aliphatic heterocycles. The zero-order valence-electron chi connectivity index (χ0n) is 10.7. The topological polar surface area (TPSA) is 67.4 Å². The average molecular weight is 250 g/mol. The third-order valence-corrected chi connectivity index (χ3v) is 2.42. The van der Waals surface area contributed by atoms with Crippen molar-refractivity contribution in [1.82, 2.24) is 5.32 Å². The van der Waals surface area contributed by atoms with Crippen LogP contribution in [-0.2, 0) is 20.7 Å². The van der Waals surface area contributed by atoms with Gasteiger partial charge in [0.1, 0.15) is 0 Å². The monoisotopic (exact) mass is 250 g/mol. The molecule has 5 nitrogen and oxygen atoms in total. The number of aryl methyl sites for hydroxylation is 1. The predicted octanol–water partition coefficient (Wildman–Crippen LogP) is 0.950. The van der Waals surface area contributed by atoms with Crippen LogP contribution in [0.4, 0.5) is 5.69 Å². The van der Waals surface area contributed by atoms with Crippen LogP contribution in [0.3, 0.4) is 0 Å². The van der Waals surface area contributed by atoms with Crippen molar-refractivity contribution < 1.29 is 14.3 Å². The number of anilines is 1. The van der Waals surface area contributed by atoms with Gasteiger partial charge in [-0.25, -0.2) is 0 Å². The van der Waals surface area contributed by atoms with E-state index in [1.54, 1.807) is 12.1 Å². The molecule has 5 heteroatoms. The number of methoxy groups -OCH3 is 1. The van der Waals surface area contributed by atoms with Gasteiger partial charge in [0.05, 0.1) is 6.61 Å². The van der Waals surface area contributed by atoms with Gasteiger partial charge in [-0.15, -0.1) is 0 Å². The van der Waals surface area contributed by atoms with Crippen molar-refractivity contribution in [2.24, 2.45) is 0 Å². The smallest absolute Gasteiger partial charge is 0.313 e. The van der Waals surface area contributed by atoms with Crippen molar-refractivity contribution in [1.29, 1.82) is 0 Å². The summed E-state index contributed by atoms with van der Waals surface area (Å²) in [5.74, 6) is -1.33. The fraction of sp³-hybridized carbons (Fsp3) is 0.385. The van der Waals surface area contributed by atoms with Crippen molar-refractivity contribution in [3.63, 3.8) is 0 Å². The molecule has 1 aromatic rings. The van der Waals surface area contributed by atoms with E-state index < -0.39 is 11.8 Å². The molecule has 18 heavy (non-hydrogen) atoms. The first kappa shape index (κ1) is 14.2. The lowest BCUT2D eigenvalue weighted by Gasteiger charge is -2.06. The number of ether oxygens (including phenoxy) is 1. The Labute approximate surface area is 107 Å². The van der Waals surface area contributed by atoms with E-state index in [0.29, 0.717) is 18.8 Å². The number of amides is 2. The second-order valence-electron chi connectivity index (χ2n) is 3.75. The Morgan fingerprint density at radius 1 is 1.17 bits per heavy atom. The molecule has 0 radical (unpaired) electrons. The molecule has 2 amide bonds. The van der Waals surface area contributed by atoms with Crippen LogP contribution >= 0.6 is 0 Å². The highest BCUT2D eigenvalue weighted by Crippen LogP contribution is 2.09. The van der Waals surface area contributed by atoms with Gasteiger partial charge in [-0.3, -0.25) is 9.59 Å². The van der Waals surface area contributed by atoms with E-state index in [1.807, 2.05) is 12.1 Å². The molecule has 0 fully saturated rings. The van der Waals surface area contributed by atoms with E-state index in [0.717, 1.165) is 6.42 Å². The minimum absolute atomic E-state index is 0.317. The Kier molecular flexibility index (Phi) is 5.87. The Balaban J connectivity index is 2.45. The molecular weight excluding hydrogens is 232 g/mol. The van der Waals surface area contributed by atoms with Crippen molar-refractivity contribution in [2.75, 3.05) is 25.6 Å². The van der Waals surface area contributed by atoms with Gasteiger partial charge >= 0.3 is 11.8 Å². The Bertz CT molecular complexity index is 401. The summed E-state index contributed by atoms with van der Waals surface area (Å²) in [7, 11) is 1.53. The first-order valence-corrected chi connectivity index (χ1v) is 5.84. The van der Waals surface area contributed by atoms with Crippen LogP contribution in [0.5, 0.6) is 0 Å². The summed E-state index contributed by atoms with van der Waals surface area (Å²) in [6.45, 7) is 2.75. The number of carbonyl (C=O) groups is 2. The summed E-state index contributed by atoms with van der Waals surface area (Å²) in [5.41, 5.74) is 1.79. The van der Waals surface area contributed by atoms with Crippen molar-refractivity contribution >= 4 is 17.5 Å². The summed E-state index contributed by atoms with van der Waals surface area (Å²) < 4.78 is 4.77. The quantitative estimate of drug-likeness (QED) is 0.604. The largest absolute Gasteiger partial charge is 0.383 e. The normalized spacial score (nSPS) is 9.89. The summed E-state index contributed by atoms with van der Waals surface area (Å²) >= 11 is 0. The van der Waals surface area contributed by atoms with Crippen molar-refractivity contribution in [2.45, 2.75) is 13.3 Å². The summed E-state index contributed by atoms with van der Waals surface area (Å²) in [4.78, 5) is 22.9. The Morgan fingerprint density at radius 2 is 1.83 bits per heavy atom. The summed E-state index contributed by atoms with van der Waals surface area (Å²) in [6, 6.07) is 7.38. The highest BCUT2D eigenvalue weighted by atomic mass is 16.5. The lowest BCUT2D eigenvalue weighted by atomic mass is 10.1. The highest BCUT2D eigenvalue weighted by molar-refractivity contribution is 6.39. The maximum atomic E-state index is 11.5. The van der Waals surface area contributed by atoms with Crippen LogP contribution < -0.4 is 10.6 Å². The molecule has 2 N–H and O–H groups in total. The lowest BCUT2D eigenvalue weighted by molar-refractivity contribution is -0.136. The van der Waals surface area contributed by atoms with Gasteiger partial charge in [0, 0.05) is 19.3 Å². The van der Waals surface area contributed by atoms with E-state index in [9.17, 15) is 9.59 Å². The molecule has 0 aromatic heterocycles. The number of hydrogen-bond acceptors (Lipinski definition) is 3. The molecule has 98 valence electrons. The van der Waals surface area contributed by atoms with Gasteiger partial charge in [-0.1, -0.05) is 19.1 Å². The molecule has 0 unspecified atom stereocenters. The zero-order chi connectivity index (χ0) is 13.4. The van der Waals surface area contributed by atoms with E-state index in [1.165, 1.54) is 12.7 Å². The van der Waals surface area contributed by atoms with Gasteiger partial charge in [-0.05, 0) is 24.1 Å². The van der Waals surface area contributed by atoms with Crippen LogP contribution in [0.1, 0.15) is 12.5 Å². The molecule has 0 saturated carbocycles. The molecule has 0 bridgehead atoms.